The third-order valence-corrected chi connectivity index (χ3v) is 5.27. The summed E-state index contributed by atoms with van der Waals surface area (Å²) in [5.74, 6) is 1.35. The minimum absolute atomic E-state index is 0.0444. The number of hydrogen-bond donors (Lipinski definition) is 0. The number of likely N-dealkylation sites (tertiary alicyclic amines) is 1. The van der Waals surface area contributed by atoms with E-state index in [1.165, 1.54) is 6.39 Å². The van der Waals surface area contributed by atoms with Crippen LogP contribution in [0.3, 0.4) is 0 Å². The van der Waals surface area contributed by atoms with E-state index in [2.05, 4.69) is 4.98 Å². The van der Waals surface area contributed by atoms with Crippen LogP contribution in [0.5, 0.6) is 0 Å². The lowest BCUT2D eigenvalue weighted by Gasteiger charge is -2.47. The van der Waals surface area contributed by atoms with Crippen LogP contribution in [0.2, 0.25) is 0 Å². The van der Waals surface area contributed by atoms with Crippen molar-refractivity contribution in [3.8, 4) is 0 Å². The fourth-order valence-electron chi connectivity index (χ4n) is 2.62. The van der Waals surface area contributed by atoms with Crippen molar-refractivity contribution < 1.29 is 13.9 Å². The molecule has 1 aromatic heterocycles. The number of nitrogens with zero attached hydrogens (tertiary/aromatic N) is 2. The van der Waals surface area contributed by atoms with Crippen LogP contribution in [0, 0.1) is 6.92 Å². The lowest BCUT2D eigenvalue weighted by atomic mass is 9.92. The van der Waals surface area contributed by atoms with Gasteiger partial charge in [-0.1, -0.05) is 0 Å². The Bertz CT molecular complexity index is 468. The lowest BCUT2D eigenvalue weighted by Crippen LogP contribution is -2.60. The summed E-state index contributed by atoms with van der Waals surface area (Å²) in [7, 11) is 1.75. The SMILES string of the molecule is CO[C@H]1CSC2(C1)CN(C(=O)c1ocnc1C)C2. The van der Waals surface area contributed by atoms with Gasteiger partial charge < -0.3 is 14.1 Å². The Balaban J connectivity index is 1.63. The zero-order valence-corrected chi connectivity index (χ0v) is 11.3. The summed E-state index contributed by atoms with van der Waals surface area (Å²) in [5, 5.41) is 0. The van der Waals surface area contributed by atoms with E-state index < -0.39 is 0 Å². The molecule has 1 aromatic rings. The first-order valence-electron chi connectivity index (χ1n) is 6.00. The van der Waals surface area contributed by atoms with E-state index in [-0.39, 0.29) is 10.7 Å². The average molecular weight is 268 g/mol. The molecule has 5 nitrogen and oxygen atoms in total. The van der Waals surface area contributed by atoms with Crippen LogP contribution in [0.25, 0.3) is 0 Å². The van der Waals surface area contributed by atoms with Crippen LogP contribution in [-0.4, -0.2) is 52.6 Å². The molecule has 0 aliphatic carbocycles. The van der Waals surface area contributed by atoms with Crippen molar-refractivity contribution in [3.05, 3.63) is 17.8 Å². The first-order valence-corrected chi connectivity index (χ1v) is 6.98. The predicted octanol–water partition coefficient (Wildman–Crippen LogP) is 1.33. The van der Waals surface area contributed by atoms with E-state index in [0.717, 1.165) is 25.3 Å². The van der Waals surface area contributed by atoms with Gasteiger partial charge in [0.15, 0.2) is 6.39 Å². The second-order valence-electron chi connectivity index (χ2n) is 4.98. The summed E-state index contributed by atoms with van der Waals surface area (Å²) in [6, 6.07) is 0. The zero-order valence-electron chi connectivity index (χ0n) is 10.5. The number of carbonyl (C=O) groups is 1. The van der Waals surface area contributed by atoms with Crippen molar-refractivity contribution in [2.24, 2.45) is 0 Å². The molecule has 98 valence electrons. The first kappa shape index (κ1) is 12.0. The van der Waals surface area contributed by atoms with Gasteiger partial charge in [-0.05, 0) is 13.3 Å². The largest absolute Gasteiger partial charge is 0.438 e. The molecule has 2 saturated heterocycles. The number of thioether (sulfide) groups is 1. The number of carbonyl (C=O) groups excluding carboxylic acids is 1. The molecule has 0 unspecified atom stereocenters. The van der Waals surface area contributed by atoms with E-state index in [9.17, 15) is 4.79 Å². The minimum atomic E-state index is -0.0444. The maximum absolute atomic E-state index is 12.2. The zero-order chi connectivity index (χ0) is 12.8. The van der Waals surface area contributed by atoms with Crippen LogP contribution in [0.15, 0.2) is 10.8 Å². The van der Waals surface area contributed by atoms with Gasteiger partial charge in [-0.3, -0.25) is 4.79 Å². The van der Waals surface area contributed by atoms with Crippen LogP contribution in [0.1, 0.15) is 22.7 Å². The molecule has 0 saturated carbocycles. The number of aromatic nitrogens is 1. The summed E-state index contributed by atoms with van der Waals surface area (Å²) < 4.78 is 10.7. The standard InChI is InChI=1S/C12H16N2O3S/c1-8-10(17-7-13-8)11(15)14-5-12(6-14)3-9(16-2)4-18-12/h7,9H,3-6H2,1-2H3/t9-/m1/s1. The van der Waals surface area contributed by atoms with Gasteiger partial charge in [-0.25, -0.2) is 4.98 Å². The van der Waals surface area contributed by atoms with Crippen molar-refractivity contribution in [2.75, 3.05) is 26.0 Å². The molecule has 2 fully saturated rings. The van der Waals surface area contributed by atoms with Crippen molar-refractivity contribution in [3.63, 3.8) is 0 Å². The predicted molar refractivity (Wildman–Crippen MR) is 67.7 cm³/mol. The Labute approximate surface area is 110 Å². The molecule has 3 heterocycles. The average Bonchev–Trinajstić information content (AvgIpc) is 2.92. The summed E-state index contributed by atoms with van der Waals surface area (Å²) in [6.45, 7) is 3.37. The third kappa shape index (κ3) is 1.83. The molecule has 1 amide bonds. The van der Waals surface area contributed by atoms with Crippen LogP contribution in [-0.2, 0) is 4.74 Å². The maximum atomic E-state index is 12.2. The van der Waals surface area contributed by atoms with Gasteiger partial charge in [0.25, 0.3) is 5.91 Å². The quantitative estimate of drug-likeness (QED) is 0.810. The number of methoxy groups -OCH3 is 1. The van der Waals surface area contributed by atoms with Crippen molar-refractivity contribution >= 4 is 17.7 Å². The summed E-state index contributed by atoms with van der Waals surface area (Å²) in [5.41, 5.74) is 0.662. The van der Waals surface area contributed by atoms with Gasteiger partial charge in [0.2, 0.25) is 5.76 Å². The van der Waals surface area contributed by atoms with Crippen LogP contribution >= 0.6 is 11.8 Å². The molecule has 0 bridgehead atoms. The molecule has 3 rings (SSSR count). The molecule has 18 heavy (non-hydrogen) atoms. The normalized spacial score (nSPS) is 25.4. The number of aryl methyl sites for hydroxylation is 1. The molecular weight excluding hydrogens is 252 g/mol. The van der Waals surface area contributed by atoms with Gasteiger partial charge >= 0.3 is 0 Å². The second kappa shape index (κ2) is 4.28. The monoisotopic (exact) mass is 268 g/mol. The molecular formula is C12H16N2O3S. The summed E-state index contributed by atoms with van der Waals surface area (Å²) in [6.07, 6.45) is 2.69. The third-order valence-electron chi connectivity index (χ3n) is 3.69. The highest BCUT2D eigenvalue weighted by molar-refractivity contribution is 8.01. The van der Waals surface area contributed by atoms with Gasteiger partial charge in [-0.15, -0.1) is 11.8 Å². The van der Waals surface area contributed by atoms with Crippen molar-refractivity contribution in [2.45, 2.75) is 24.2 Å². The Morgan fingerprint density at radius 2 is 2.44 bits per heavy atom. The Morgan fingerprint density at radius 1 is 1.67 bits per heavy atom. The number of amides is 1. The fourth-order valence-corrected chi connectivity index (χ4v) is 4.21. The molecule has 1 atom stereocenters. The molecule has 0 aromatic carbocycles. The van der Waals surface area contributed by atoms with Crippen molar-refractivity contribution in [1.82, 2.24) is 9.88 Å². The van der Waals surface area contributed by atoms with Crippen LogP contribution < -0.4 is 0 Å². The molecule has 6 heteroatoms. The smallest absolute Gasteiger partial charge is 0.291 e. The highest BCUT2D eigenvalue weighted by Gasteiger charge is 2.51. The highest BCUT2D eigenvalue weighted by atomic mass is 32.2. The first-order chi connectivity index (χ1) is 8.63. The highest BCUT2D eigenvalue weighted by Crippen LogP contribution is 2.46. The van der Waals surface area contributed by atoms with E-state index >= 15 is 0 Å². The van der Waals surface area contributed by atoms with Crippen LogP contribution in [0.4, 0.5) is 0 Å². The van der Waals surface area contributed by atoms with Gasteiger partial charge in [-0.2, -0.15) is 0 Å². The molecule has 2 aliphatic heterocycles. The molecule has 1 spiro atoms. The topological polar surface area (TPSA) is 55.6 Å². The van der Waals surface area contributed by atoms with Gasteiger partial charge in [0.1, 0.15) is 0 Å². The fraction of sp³-hybridized carbons (Fsp3) is 0.667. The van der Waals surface area contributed by atoms with Gasteiger partial charge in [0.05, 0.1) is 16.5 Å². The Kier molecular flexibility index (Phi) is 2.86. The second-order valence-corrected chi connectivity index (χ2v) is 6.47. The van der Waals surface area contributed by atoms with E-state index in [1.807, 2.05) is 16.7 Å². The minimum Gasteiger partial charge on any atom is -0.438 e. The molecule has 2 aliphatic rings. The van der Waals surface area contributed by atoms with E-state index in [1.54, 1.807) is 14.0 Å². The van der Waals surface area contributed by atoms with Crippen molar-refractivity contribution in [1.29, 1.82) is 0 Å². The number of hydrogen-bond acceptors (Lipinski definition) is 5. The number of ether oxygens (including phenoxy) is 1. The summed E-state index contributed by atoms with van der Waals surface area (Å²) in [4.78, 5) is 17.9. The Morgan fingerprint density at radius 3 is 3.00 bits per heavy atom. The summed E-state index contributed by atoms with van der Waals surface area (Å²) >= 11 is 1.92. The number of rotatable bonds is 2. The number of oxazole rings is 1. The van der Waals surface area contributed by atoms with E-state index in [4.69, 9.17) is 9.15 Å². The van der Waals surface area contributed by atoms with Gasteiger partial charge in [0, 0.05) is 26.0 Å². The van der Waals surface area contributed by atoms with E-state index in [0.29, 0.717) is 17.6 Å². The Hall–Kier alpha value is -1.01. The maximum Gasteiger partial charge on any atom is 0.291 e. The molecule has 0 radical (unpaired) electrons. The molecule has 0 N–H and O–H groups in total. The lowest BCUT2D eigenvalue weighted by molar-refractivity contribution is 0.0424.